The van der Waals surface area contributed by atoms with Gasteiger partial charge in [0.25, 0.3) is 0 Å². The first-order valence-electron chi connectivity index (χ1n) is 6.21. The monoisotopic (exact) mass is 288 g/mol. The molecule has 0 radical (unpaired) electrons. The predicted octanol–water partition coefficient (Wildman–Crippen LogP) is 1.65. The third-order valence-corrected chi connectivity index (χ3v) is 3.48. The molecule has 1 unspecified atom stereocenters. The van der Waals surface area contributed by atoms with Gasteiger partial charge in [0, 0.05) is 12.2 Å². The molecule has 1 aliphatic rings. The smallest absolute Gasteiger partial charge is 0.392 e. The van der Waals surface area contributed by atoms with Gasteiger partial charge in [-0.3, -0.25) is 4.79 Å². The van der Waals surface area contributed by atoms with Crippen molar-refractivity contribution in [3.05, 3.63) is 29.3 Å². The molecule has 1 amide bonds. The van der Waals surface area contributed by atoms with Gasteiger partial charge in [0.2, 0.25) is 5.91 Å². The summed E-state index contributed by atoms with van der Waals surface area (Å²) in [4.78, 5) is 12.9. The molecule has 110 valence electrons. The Morgan fingerprint density at radius 3 is 2.70 bits per heavy atom. The number of carbonyl (C=O) groups is 1. The van der Waals surface area contributed by atoms with E-state index < -0.39 is 30.3 Å². The minimum Gasteiger partial charge on any atom is -0.392 e. The van der Waals surface area contributed by atoms with Crippen LogP contribution in [0.15, 0.2) is 18.2 Å². The van der Waals surface area contributed by atoms with E-state index in [1.165, 1.54) is 12.1 Å². The van der Waals surface area contributed by atoms with Gasteiger partial charge in [-0.25, -0.2) is 0 Å². The summed E-state index contributed by atoms with van der Waals surface area (Å²) in [5.74, 6) is -0.540. The lowest BCUT2D eigenvalue weighted by Crippen LogP contribution is -2.40. The largest absolute Gasteiger partial charge is 0.416 e. The Bertz CT molecular complexity index is 517. The van der Waals surface area contributed by atoms with Crippen LogP contribution in [0.25, 0.3) is 0 Å². The van der Waals surface area contributed by atoms with E-state index >= 15 is 0 Å². The van der Waals surface area contributed by atoms with Gasteiger partial charge in [0.1, 0.15) is 6.04 Å². The van der Waals surface area contributed by atoms with Gasteiger partial charge in [-0.2, -0.15) is 13.2 Å². The molecular weight excluding hydrogens is 273 g/mol. The SMILES string of the molecule is NC(=O)C1CCCN1c1ccc(CO)c(C(F)(F)F)c1. The number of nitrogens with two attached hydrogens (primary N) is 1. The second-order valence-electron chi connectivity index (χ2n) is 4.75. The molecule has 0 saturated carbocycles. The number of primary amides is 1. The molecule has 1 aliphatic heterocycles. The number of amides is 1. The maximum absolute atomic E-state index is 12.9. The average Bonchev–Trinajstić information content (AvgIpc) is 2.86. The highest BCUT2D eigenvalue weighted by atomic mass is 19.4. The molecular formula is C13H15F3N2O2. The number of halogens is 3. The lowest BCUT2D eigenvalue weighted by molar-refractivity contribution is -0.138. The fourth-order valence-corrected chi connectivity index (χ4v) is 2.52. The van der Waals surface area contributed by atoms with Crippen LogP contribution in [-0.2, 0) is 17.6 Å². The van der Waals surface area contributed by atoms with E-state index in [1.54, 1.807) is 4.90 Å². The lowest BCUT2D eigenvalue weighted by Gasteiger charge is -2.25. The number of aliphatic hydroxyl groups is 1. The summed E-state index contributed by atoms with van der Waals surface area (Å²) < 4.78 is 38.8. The van der Waals surface area contributed by atoms with Crippen LogP contribution in [-0.4, -0.2) is 23.6 Å². The summed E-state index contributed by atoms with van der Waals surface area (Å²) in [6.07, 6.45) is -3.30. The number of hydrogen-bond acceptors (Lipinski definition) is 3. The fraction of sp³-hybridized carbons (Fsp3) is 0.462. The molecule has 7 heteroatoms. The Morgan fingerprint density at radius 2 is 2.15 bits per heavy atom. The number of alkyl halides is 3. The summed E-state index contributed by atoms with van der Waals surface area (Å²) in [6.45, 7) is -0.197. The Kier molecular flexibility index (Phi) is 3.89. The van der Waals surface area contributed by atoms with Crippen molar-refractivity contribution in [3.8, 4) is 0 Å². The van der Waals surface area contributed by atoms with Crippen LogP contribution in [0, 0.1) is 0 Å². The van der Waals surface area contributed by atoms with E-state index in [9.17, 15) is 18.0 Å². The highest BCUT2D eigenvalue weighted by Crippen LogP contribution is 2.36. The first kappa shape index (κ1) is 14.6. The second kappa shape index (κ2) is 5.32. The predicted molar refractivity (Wildman–Crippen MR) is 66.9 cm³/mol. The van der Waals surface area contributed by atoms with Gasteiger partial charge in [-0.05, 0) is 30.5 Å². The molecule has 1 aromatic rings. The lowest BCUT2D eigenvalue weighted by atomic mass is 10.1. The summed E-state index contributed by atoms with van der Waals surface area (Å²) in [7, 11) is 0. The van der Waals surface area contributed by atoms with Gasteiger partial charge < -0.3 is 15.7 Å². The number of anilines is 1. The first-order chi connectivity index (χ1) is 9.34. The molecule has 20 heavy (non-hydrogen) atoms. The molecule has 2 rings (SSSR count). The van der Waals surface area contributed by atoms with E-state index in [0.29, 0.717) is 25.1 Å². The van der Waals surface area contributed by atoms with Crippen LogP contribution < -0.4 is 10.6 Å². The summed E-state index contributed by atoms with van der Waals surface area (Å²) in [5, 5.41) is 8.99. The minimum atomic E-state index is -4.55. The van der Waals surface area contributed by atoms with Crippen molar-refractivity contribution < 1.29 is 23.1 Å². The van der Waals surface area contributed by atoms with E-state index in [4.69, 9.17) is 10.8 Å². The zero-order valence-corrected chi connectivity index (χ0v) is 10.7. The van der Waals surface area contributed by atoms with Crippen molar-refractivity contribution in [3.63, 3.8) is 0 Å². The van der Waals surface area contributed by atoms with Gasteiger partial charge >= 0.3 is 6.18 Å². The minimum absolute atomic E-state index is 0.184. The third kappa shape index (κ3) is 2.72. The number of carbonyl (C=O) groups excluding carboxylic acids is 1. The molecule has 1 saturated heterocycles. The quantitative estimate of drug-likeness (QED) is 0.888. The Labute approximate surface area is 114 Å². The molecule has 0 aromatic heterocycles. The zero-order valence-electron chi connectivity index (χ0n) is 10.7. The summed E-state index contributed by atoms with van der Waals surface area (Å²) in [5.41, 5.74) is 4.50. The standard InChI is InChI=1S/C13H15F3N2O2/c14-13(15,16)10-6-9(4-3-8(10)7-19)18-5-1-2-11(18)12(17)20/h3-4,6,11,19H,1-2,5,7H2,(H2,17,20). The van der Waals surface area contributed by atoms with Gasteiger partial charge in [0.15, 0.2) is 0 Å². The van der Waals surface area contributed by atoms with Crippen LogP contribution in [0.5, 0.6) is 0 Å². The van der Waals surface area contributed by atoms with Gasteiger partial charge in [-0.1, -0.05) is 6.07 Å². The molecule has 0 spiro atoms. The maximum atomic E-state index is 12.9. The molecule has 1 heterocycles. The van der Waals surface area contributed by atoms with E-state index in [-0.39, 0.29) is 5.56 Å². The molecule has 3 N–H and O–H groups in total. The number of rotatable bonds is 3. The second-order valence-corrected chi connectivity index (χ2v) is 4.75. The average molecular weight is 288 g/mol. The Morgan fingerprint density at radius 1 is 1.45 bits per heavy atom. The number of benzene rings is 1. The molecule has 1 aromatic carbocycles. The molecule has 1 atom stereocenters. The normalized spacial score (nSPS) is 19.4. The summed E-state index contributed by atoms with van der Waals surface area (Å²) in [6, 6.07) is 3.10. The van der Waals surface area contributed by atoms with Crippen LogP contribution >= 0.6 is 0 Å². The van der Waals surface area contributed by atoms with E-state index in [2.05, 4.69) is 0 Å². The van der Waals surface area contributed by atoms with Crippen molar-refractivity contribution in [2.75, 3.05) is 11.4 Å². The molecule has 1 fully saturated rings. The highest BCUT2D eigenvalue weighted by Gasteiger charge is 2.35. The van der Waals surface area contributed by atoms with Crippen LogP contribution in [0.3, 0.4) is 0 Å². The van der Waals surface area contributed by atoms with Crippen molar-refractivity contribution in [1.82, 2.24) is 0 Å². The van der Waals surface area contributed by atoms with E-state index in [0.717, 1.165) is 6.07 Å². The van der Waals surface area contributed by atoms with Crippen molar-refractivity contribution >= 4 is 11.6 Å². The maximum Gasteiger partial charge on any atom is 0.416 e. The molecule has 0 bridgehead atoms. The third-order valence-electron chi connectivity index (χ3n) is 3.48. The van der Waals surface area contributed by atoms with Crippen LogP contribution in [0.1, 0.15) is 24.0 Å². The van der Waals surface area contributed by atoms with Crippen LogP contribution in [0.4, 0.5) is 18.9 Å². The highest BCUT2D eigenvalue weighted by molar-refractivity contribution is 5.84. The van der Waals surface area contributed by atoms with Crippen LogP contribution in [0.2, 0.25) is 0 Å². The van der Waals surface area contributed by atoms with Crippen molar-refractivity contribution in [1.29, 1.82) is 0 Å². The van der Waals surface area contributed by atoms with Gasteiger partial charge in [-0.15, -0.1) is 0 Å². The topological polar surface area (TPSA) is 66.6 Å². The Hall–Kier alpha value is -1.76. The Balaban J connectivity index is 2.41. The number of hydrogen-bond donors (Lipinski definition) is 2. The van der Waals surface area contributed by atoms with E-state index in [1.807, 2.05) is 0 Å². The zero-order chi connectivity index (χ0) is 14.9. The number of nitrogens with zero attached hydrogens (tertiary/aromatic N) is 1. The summed E-state index contributed by atoms with van der Waals surface area (Å²) >= 11 is 0. The first-order valence-corrected chi connectivity index (χ1v) is 6.21. The molecule has 4 nitrogen and oxygen atoms in total. The fourth-order valence-electron chi connectivity index (χ4n) is 2.52. The van der Waals surface area contributed by atoms with Crippen molar-refractivity contribution in [2.45, 2.75) is 31.7 Å². The number of aliphatic hydroxyl groups excluding tert-OH is 1. The van der Waals surface area contributed by atoms with Crippen molar-refractivity contribution in [2.24, 2.45) is 5.73 Å². The molecule has 0 aliphatic carbocycles. The van der Waals surface area contributed by atoms with Gasteiger partial charge in [0.05, 0.1) is 12.2 Å².